The van der Waals surface area contributed by atoms with Crippen molar-refractivity contribution in [3.05, 3.63) is 28.7 Å². The van der Waals surface area contributed by atoms with Gasteiger partial charge >= 0.3 is 12.0 Å². The lowest BCUT2D eigenvalue weighted by molar-refractivity contribution is -0.138. The second-order valence-corrected chi connectivity index (χ2v) is 5.87. The SMILES string of the molecule is O=C(O)CN1CCCN(C(=O)Nc2cccc(Br)c2)CC1. The second kappa shape index (κ2) is 7.42. The van der Waals surface area contributed by atoms with E-state index in [1.165, 1.54) is 0 Å². The van der Waals surface area contributed by atoms with Gasteiger partial charge in [0.05, 0.1) is 6.54 Å². The number of carbonyl (C=O) groups is 2. The van der Waals surface area contributed by atoms with Crippen molar-refractivity contribution in [3.63, 3.8) is 0 Å². The number of urea groups is 1. The molecule has 1 aromatic carbocycles. The maximum absolute atomic E-state index is 12.2. The molecule has 1 saturated heterocycles. The molecule has 2 amide bonds. The summed E-state index contributed by atoms with van der Waals surface area (Å²) in [4.78, 5) is 26.5. The van der Waals surface area contributed by atoms with Crippen LogP contribution in [0.1, 0.15) is 6.42 Å². The van der Waals surface area contributed by atoms with Gasteiger partial charge in [-0.1, -0.05) is 22.0 Å². The highest BCUT2D eigenvalue weighted by Gasteiger charge is 2.20. The third kappa shape index (κ3) is 5.02. The second-order valence-electron chi connectivity index (χ2n) is 4.95. The van der Waals surface area contributed by atoms with Crippen LogP contribution in [-0.4, -0.2) is 59.6 Å². The van der Waals surface area contributed by atoms with E-state index in [2.05, 4.69) is 21.2 Å². The normalized spacial score (nSPS) is 16.3. The lowest BCUT2D eigenvalue weighted by Gasteiger charge is -2.21. The van der Waals surface area contributed by atoms with E-state index in [-0.39, 0.29) is 12.6 Å². The Labute approximate surface area is 131 Å². The highest BCUT2D eigenvalue weighted by molar-refractivity contribution is 9.10. The Balaban J connectivity index is 1.89. The van der Waals surface area contributed by atoms with Crippen molar-refractivity contribution < 1.29 is 14.7 Å². The number of nitrogens with one attached hydrogen (secondary N) is 1. The zero-order valence-corrected chi connectivity index (χ0v) is 13.2. The summed E-state index contributed by atoms with van der Waals surface area (Å²) in [6.45, 7) is 2.48. The van der Waals surface area contributed by atoms with Gasteiger partial charge in [0, 0.05) is 36.3 Å². The first-order valence-corrected chi connectivity index (χ1v) is 7.59. The van der Waals surface area contributed by atoms with Crippen LogP contribution in [-0.2, 0) is 4.79 Å². The summed E-state index contributed by atoms with van der Waals surface area (Å²) >= 11 is 3.36. The summed E-state index contributed by atoms with van der Waals surface area (Å²) in [5.74, 6) is -0.831. The largest absolute Gasteiger partial charge is 0.480 e. The van der Waals surface area contributed by atoms with Crippen LogP contribution >= 0.6 is 15.9 Å². The summed E-state index contributed by atoms with van der Waals surface area (Å²) in [6, 6.07) is 7.27. The number of halogens is 1. The van der Waals surface area contributed by atoms with Crippen molar-refractivity contribution in [2.45, 2.75) is 6.42 Å². The molecular formula is C14H18BrN3O3. The van der Waals surface area contributed by atoms with Crippen LogP contribution in [0.4, 0.5) is 10.5 Å². The fourth-order valence-corrected chi connectivity index (χ4v) is 2.69. The van der Waals surface area contributed by atoms with Crippen molar-refractivity contribution in [1.29, 1.82) is 0 Å². The van der Waals surface area contributed by atoms with Gasteiger partial charge in [0.1, 0.15) is 0 Å². The summed E-state index contributed by atoms with van der Waals surface area (Å²) in [5.41, 5.74) is 0.737. The number of benzene rings is 1. The number of anilines is 1. The number of hydrogen-bond acceptors (Lipinski definition) is 3. The summed E-state index contributed by atoms with van der Waals surface area (Å²) in [6.07, 6.45) is 0.777. The number of rotatable bonds is 3. The summed E-state index contributed by atoms with van der Waals surface area (Å²) < 4.78 is 0.906. The molecule has 21 heavy (non-hydrogen) atoms. The lowest BCUT2D eigenvalue weighted by atomic mass is 10.3. The molecule has 0 aliphatic carbocycles. The summed E-state index contributed by atoms with van der Waals surface area (Å²) in [7, 11) is 0. The zero-order chi connectivity index (χ0) is 15.2. The Morgan fingerprint density at radius 2 is 2.05 bits per heavy atom. The fraction of sp³-hybridized carbons (Fsp3) is 0.429. The molecule has 7 heteroatoms. The monoisotopic (exact) mass is 355 g/mol. The molecule has 0 spiro atoms. The fourth-order valence-electron chi connectivity index (χ4n) is 2.29. The van der Waals surface area contributed by atoms with E-state index in [9.17, 15) is 9.59 Å². The van der Waals surface area contributed by atoms with Crippen molar-refractivity contribution in [3.8, 4) is 0 Å². The van der Waals surface area contributed by atoms with E-state index in [1.807, 2.05) is 29.2 Å². The zero-order valence-electron chi connectivity index (χ0n) is 11.6. The van der Waals surface area contributed by atoms with Gasteiger partial charge in [-0.3, -0.25) is 9.69 Å². The quantitative estimate of drug-likeness (QED) is 0.870. The lowest BCUT2D eigenvalue weighted by Crippen LogP contribution is -2.38. The molecular weight excluding hydrogens is 338 g/mol. The van der Waals surface area contributed by atoms with Crippen LogP contribution < -0.4 is 5.32 Å². The molecule has 1 fully saturated rings. The van der Waals surface area contributed by atoms with Gasteiger partial charge in [0.15, 0.2) is 0 Å². The van der Waals surface area contributed by atoms with E-state index in [4.69, 9.17) is 5.11 Å². The molecule has 0 bridgehead atoms. The molecule has 0 radical (unpaired) electrons. The van der Waals surface area contributed by atoms with E-state index in [1.54, 1.807) is 4.90 Å². The number of carboxylic acids is 1. The molecule has 1 aliphatic heterocycles. The third-order valence-corrected chi connectivity index (χ3v) is 3.80. The van der Waals surface area contributed by atoms with Gasteiger partial charge in [-0.05, 0) is 24.6 Å². The predicted octanol–water partition coefficient (Wildman–Crippen LogP) is 2.07. The molecule has 1 aliphatic rings. The molecule has 2 N–H and O–H groups in total. The number of carboxylic acid groups (broad SMARTS) is 1. The van der Waals surface area contributed by atoms with E-state index in [0.717, 1.165) is 16.6 Å². The molecule has 114 valence electrons. The highest BCUT2D eigenvalue weighted by atomic mass is 79.9. The van der Waals surface area contributed by atoms with E-state index < -0.39 is 5.97 Å². The van der Waals surface area contributed by atoms with Crippen molar-refractivity contribution in [2.24, 2.45) is 0 Å². The minimum atomic E-state index is -0.831. The average molecular weight is 356 g/mol. The first kappa shape index (κ1) is 15.8. The Hall–Kier alpha value is -1.60. The topological polar surface area (TPSA) is 72.9 Å². The summed E-state index contributed by atoms with van der Waals surface area (Å²) in [5, 5.41) is 11.7. The Morgan fingerprint density at radius 3 is 2.76 bits per heavy atom. The smallest absolute Gasteiger partial charge is 0.321 e. The van der Waals surface area contributed by atoms with Crippen molar-refractivity contribution in [2.75, 3.05) is 38.0 Å². The van der Waals surface area contributed by atoms with Crippen LogP contribution in [0.2, 0.25) is 0 Å². The van der Waals surface area contributed by atoms with Crippen molar-refractivity contribution >= 4 is 33.6 Å². The molecule has 0 atom stereocenters. The van der Waals surface area contributed by atoms with Crippen LogP contribution in [0.3, 0.4) is 0 Å². The van der Waals surface area contributed by atoms with Gasteiger partial charge < -0.3 is 15.3 Å². The van der Waals surface area contributed by atoms with Crippen LogP contribution in [0.25, 0.3) is 0 Å². The van der Waals surface area contributed by atoms with Gasteiger partial charge in [0.2, 0.25) is 0 Å². The highest BCUT2D eigenvalue weighted by Crippen LogP contribution is 2.16. The molecule has 0 saturated carbocycles. The third-order valence-electron chi connectivity index (χ3n) is 3.31. The van der Waals surface area contributed by atoms with E-state index >= 15 is 0 Å². The molecule has 0 unspecified atom stereocenters. The average Bonchev–Trinajstić information content (AvgIpc) is 2.63. The van der Waals surface area contributed by atoms with Gasteiger partial charge in [0.25, 0.3) is 0 Å². The van der Waals surface area contributed by atoms with Crippen LogP contribution in [0.15, 0.2) is 28.7 Å². The molecule has 0 aromatic heterocycles. The number of nitrogens with zero attached hydrogens (tertiary/aromatic N) is 2. The molecule has 2 rings (SSSR count). The van der Waals surface area contributed by atoms with Gasteiger partial charge in [-0.2, -0.15) is 0 Å². The first-order valence-electron chi connectivity index (χ1n) is 6.80. The number of carbonyl (C=O) groups excluding carboxylic acids is 1. The molecule has 1 aromatic rings. The van der Waals surface area contributed by atoms with E-state index in [0.29, 0.717) is 26.2 Å². The van der Waals surface area contributed by atoms with Gasteiger partial charge in [-0.15, -0.1) is 0 Å². The Morgan fingerprint density at radius 1 is 1.24 bits per heavy atom. The maximum atomic E-state index is 12.2. The Kier molecular flexibility index (Phi) is 5.58. The maximum Gasteiger partial charge on any atom is 0.321 e. The van der Waals surface area contributed by atoms with Crippen LogP contribution in [0.5, 0.6) is 0 Å². The van der Waals surface area contributed by atoms with Crippen molar-refractivity contribution in [1.82, 2.24) is 9.80 Å². The van der Waals surface area contributed by atoms with Gasteiger partial charge in [-0.25, -0.2) is 4.79 Å². The molecule has 1 heterocycles. The first-order chi connectivity index (χ1) is 10.0. The number of hydrogen-bond donors (Lipinski definition) is 2. The number of aliphatic carboxylic acids is 1. The minimum absolute atomic E-state index is 0.0289. The number of amides is 2. The Bertz CT molecular complexity index is 524. The standard InChI is InChI=1S/C14H18BrN3O3/c15-11-3-1-4-12(9-11)16-14(21)18-6-2-5-17(7-8-18)10-13(19)20/h1,3-4,9H,2,5-8,10H2,(H,16,21)(H,19,20). The minimum Gasteiger partial charge on any atom is -0.480 e. The molecule has 6 nitrogen and oxygen atoms in total. The predicted molar refractivity (Wildman–Crippen MR) is 83.4 cm³/mol. The van der Waals surface area contributed by atoms with Crippen LogP contribution in [0, 0.1) is 0 Å².